The lowest BCUT2D eigenvalue weighted by atomic mass is 9.95. The molecule has 0 rings (SSSR count). The normalized spacial score (nSPS) is 10.8. The van der Waals surface area contributed by atoms with Crippen LogP contribution in [0.1, 0.15) is 40.5 Å². The fourth-order valence-corrected chi connectivity index (χ4v) is 1.76. The van der Waals surface area contributed by atoms with Crippen molar-refractivity contribution in [3.05, 3.63) is 0 Å². The largest absolute Gasteiger partial charge is 0.466 e. The maximum absolute atomic E-state index is 12.3. The fourth-order valence-electron chi connectivity index (χ4n) is 1.76. The van der Waals surface area contributed by atoms with Gasteiger partial charge in [0, 0.05) is 0 Å². The molecule has 0 fully saturated rings. The summed E-state index contributed by atoms with van der Waals surface area (Å²) in [6, 6.07) is 0. The molecule has 0 saturated heterocycles. The number of rotatable bonds is 11. The highest BCUT2D eigenvalue weighted by Gasteiger charge is 2.46. The highest BCUT2D eigenvalue weighted by atomic mass is 16.6. The molecule has 0 aliphatic rings. The third kappa shape index (κ3) is 7.73. The van der Waals surface area contributed by atoms with Gasteiger partial charge in [-0.25, -0.2) is 4.79 Å². The number of ketones is 1. The average molecular weight is 332 g/mol. The lowest BCUT2D eigenvalue weighted by Gasteiger charge is -2.29. The van der Waals surface area contributed by atoms with Crippen molar-refractivity contribution in [1.82, 2.24) is 0 Å². The molecule has 23 heavy (non-hydrogen) atoms. The Bertz CT molecular complexity index is 409. The molecule has 0 aliphatic heterocycles. The molecular weight excluding hydrogens is 308 g/mol. The van der Waals surface area contributed by atoms with Gasteiger partial charge in [0.25, 0.3) is 0 Å². The highest BCUT2D eigenvalue weighted by Crippen LogP contribution is 2.25. The molecule has 8 nitrogen and oxygen atoms in total. The Kier molecular flexibility index (Phi) is 9.80. The zero-order valence-corrected chi connectivity index (χ0v) is 14.0. The van der Waals surface area contributed by atoms with Crippen LogP contribution in [0.25, 0.3) is 0 Å². The van der Waals surface area contributed by atoms with E-state index < -0.39 is 43.0 Å². The Hall–Kier alpha value is -1.96. The van der Waals surface area contributed by atoms with Gasteiger partial charge >= 0.3 is 17.9 Å². The Morgan fingerprint density at radius 1 is 0.783 bits per heavy atom. The van der Waals surface area contributed by atoms with Gasteiger partial charge in [-0.05, 0) is 27.7 Å². The summed E-state index contributed by atoms with van der Waals surface area (Å²) >= 11 is 0. The maximum Gasteiger partial charge on any atom is 0.339 e. The summed E-state index contributed by atoms with van der Waals surface area (Å²) in [4.78, 5) is 47.1. The van der Waals surface area contributed by atoms with Crippen molar-refractivity contribution in [3.63, 3.8) is 0 Å². The van der Waals surface area contributed by atoms with Gasteiger partial charge in [-0.3, -0.25) is 14.4 Å². The SMILES string of the molecule is CCOC(=O)CC(CC(=O)OCC)(OCC(C)=O)C(=O)OCC. The van der Waals surface area contributed by atoms with E-state index in [0.29, 0.717) is 0 Å². The fraction of sp³-hybridized carbons (Fsp3) is 0.733. The first-order valence-corrected chi connectivity index (χ1v) is 7.43. The van der Waals surface area contributed by atoms with E-state index in [0.717, 1.165) is 0 Å². The van der Waals surface area contributed by atoms with Gasteiger partial charge in [0.2, 0.25) is 0 Å². The summed E-state index contributed by atoms with van der Waals surface area (Å²) in [5.41, 5.74) is -1.94. The summed E-state index contributed by atoms with van der Waals surface area (Å²) in [5, 5.41) is 0. The van der Waals surface area contributed by atoms with E-state index in [2.05, 4.69) is 0 Å². The molecule has 0 N–H and O–H groups in total. The molecule has 8 heteroatoms. The van der Waals surface area contributed by atoms with Crippen LogP contribution in [0.5, 0.6) is 0 Å². The average Bonchev–Trinajstić information content (AvgIpc) is 2.45. The Morgan fingerprint density at radius 3 is 1.57 bits per heavy atom. The predicted molar refractivity (Wildman–Crippen MR) is 78.5 cm³/mol. The molecule has 0 spiro atoms. The first-order chi connectivity index (χ1) is 10.8. The van der Waals surface area contributed by atoms with Crippen LogP contribution in [0, 0.1) is 0 Å². The van der Waals surface area contributed by atoms with Crippen molar-refractivity contribution in [2.45, 2.75) is 46.1 Å². The first kappa shape index (κ1) is 21.0. The van der Waals surface area contributed by atoms with E-state index in [1.807, 2.05) is 0 Å². The van der Waals surface area contributed by atoms with Crippen LogP contribution < -0.4 is 0 Å². The van der Waals surface area contributed by atoms with E-state index >= 15 is 0 Å². The van der Waals surface area contributed by atoms with E-state index in [1.54, 1.807) is 20.8 Å². The zero-order chi connectivity index (χ0) is 17.9. The molecule has 0 atom stereocenters. The number of carbonyl (C=O) groups is 4. The maximum atomic E-state index is 12.3. The number of hydrogen-bond acceptors (Lipinski definition) is 8. The number of esters is 3. The molecule has 0 aliphatic carbocycles. The van der Waals surface area contributed by atoms with Gasteiger partial charge in [0.1, 0.15) is 6.61 Å². The molecule has 0 unspecified atom stereocenters. The molecule has 0 radical (unpaired) electrons. The Labute approximate surface area is 135 Å². The van der Waals surface area contributed by atoms with Crippen molar-refractivity contribution in [1.29, 1.82) is 0 Å². The Balaban J connectivity index is 5.47. The first-order valence-electron chi connectivity index (χ1n) is 7.43. The molecule has 132 valence electrons. The molecule has 0 aromatic rings. The minimum Gasteiger partial charge on any atom is -0.466 e. The lowest BCUT2D eigenvalue weighted by molar-refractivity contribution is -0.185. The number of hydrogen-bond donors (Lipinski definition) is 0. The summed E-state index contributed by atoms with van der Waals surface area (Å²) in [6.45, 7) is 5.81. The smallest absolute Gasteiger partial charge is 0.339 e. The summed E-state index contributed by atoms with van der Waals surface area (Å²) in [7, 11) is 0. The summed E-state index contributed by atoms with van der Waals surface area (Å²) < 4.78 is 19.8. The summed E-state index contributed by atoms with van der Waals surface area (Å²) in [6.07, 6.45) is -1.10. The van der Waals surface area contributed by atoms with Crippen LogP contribution in [-0.4, -0.2) is 55.7 Å². The van der Waals surface area contributed by atoms with Crippen LogP contribution >= 0.6 is 0 Å². The van der Waals surface area contributed by atoms with Crippen molar-refractivity contribution in [2.24, 2.45) is 0 Å². The minimum atomic E-state index is -1.94. The topological polar surface area (TPSA) is 105 Å². The van der Waals surface area contributed by atoms with Gasteiger partial charge in [0.15, 0.2) is 11.4 Å². The zero-order valence-electron chi connectivity index (χ0n) is 14.0. The second kappa shape index (κ2) is 10.7. The third-order valence-electron chi connectivity index (χ3n) is 2.67. The van der Waals surface area contributed by atoms with Crippen molar-refractivity contribution in [2.75, 3.05) is 26.4 Å². The van der Waals surface area contributed by atoms with Crippen LogP contribution in [0.2, 0.25) is 0 Å². The molecule has 0 saturated carbocycles. The monoisotopic (exact) mass is 332 g/mol. The van der Waals surface area contributed by atoms with Gasteiger partial charge in [0.05, 0.1) is 32.7 Å². The molecule has 0 aromatic carbocycles. The number of carbonyl (C=O) groups excluding carboxylic acids is 4. The van der Waals surface area contributed by atoms with Crippen molar-refractivity contribution in [3.8, 4) is 0 Å². The standard InChI is InChI=1S/C15H24O8/c1-5-20-12(17)8-15(14(19)22-7-3,23-10-11(4)16)9-13(18)21-6-2/h5-10H2,1-4H3. The highest BCUT2D eigenvalue weighted by molar-refractivity contribution is 5.90. The summed E-state index contributed by atoms with van der Waals surface area (Å²) in [5.74, 6) is -2.77. The second-order valence-electron chi connectivity index (χ2n) is 4.67. The van der Waals surface area contributed by atoms with E-state index in [1.165, 1.54) is 6.92 Å². The van der Waals surface area contributed by atoms with E-state index in [9.17, 15) is 19.2 Å². The number of Topliss-reactive ketones (excluding diaryl/α,β-unsaturated/α-hetero) is 1. The number of ether oxygens (including phenoxy) is 4. The van der Waals surface area contributed by atoms with Crippen LogP contribution in [0.15, 0.2) is 0 Å². The van der Waals surface area contributed by atoms with Gasteiger partial charge < -0.3 is 18.9 Å². The third-order valence-corrected chi connectivity index (χ3v) is 2.67. The lowest BCUT2D eigenvalue weighted by Crippen LogP contribution is -2.48. The quantitative estimate of drug-likeness (QED) is 0.404. The molecule has 0 amide bonds. The molecule has 0 bridgehead atoms. The molecular formula is C15H24O8. The second-order valence-corrected chi connectivity index (χ2v) is 4.67. The van der Waals surface area contributed by atoms with E-state index in [-0.39, 0.29) is 25.6 Å². The Morgan fingerprint density at radius 2 is 1.22 bits per heavy atom. The van der Waals surface area contributed by atoms with Crippen molar-refractivity contribution < 1.29 is 38.1 Å². The minimum absolute atomic E-state index is 0.0235. The van der Waals surface area contributed by atoms with Crippen molar-refractivity contribution >= 4 is 23.7 Å². The molecule has 0 aromatic heterocycles. The van der Waals surface area contributed by atoms with Crippen LogP contribution in [0.3, 0.4) is 0 Å². The van der Waals surface area contributed by atoms with Gasteiger partial charge in [-0.2, -0.15) is 0 Å². The van der Waals surface area contributed by atoms with Crippen LogP contribution in [-0.2, 0) is 38.1 Å². The van der Waals surface area contributed by atoms with Gasteiger partial charge in [-0.15, -0.1) is 0 Å². The van der Waals surface area contributed by atoms with E-state index in [4.69, 9.17) is 18.9 Å². The molecule has 0 heterocycles. The predicted octanol–water partition coefficient (Wildman–Crippen LogP) is 0.800. The van der Waals surface area contributed by atoms with Crippen LogP contribution in [0.4, 0.5) is 0 Å². The van der Waals surface area contributed by atoms with Gasteiger partial charge in [-0.1, -0.05) is 0 Å².